The molecule has 1 fully saturated rings. The van der Waals surface area contributed by atoms with Crippen LogP contribution in [0.15, 0.2) is 79.4 Å². The van der Waals surface area contributed by atoms with Crippen LogP contribution in [0.25, 0.3) is 5.57 Å². The first-order valence-electron chi connectivity index (χ1n) is 12.1. The maximum absolute atomic E-state index is 13.6. The molecule has 1 saturated carbocycles. The minimum Gasteiger partial charge on any atom is -0.336 e. The van der Waals surface area contributed by atoms with Gasteiger partial charge in [-0.1, -0.05) is 47.5 Å². The van der Waals surface area contributed by atoms with Gasteiger partial charge in [0.1, 0.15) is 22.4 Å². The average molecular weight is 531 g/mol. The van der Waals surface area contributed by atoms with Gasteiger partial charge in [-0.05, 0) is 35.4 Å². The predicted octanol–water partition coefficient (Wildman–Crippen LogP) is 5.44. The van der Waals surface area contributed by atoms with Gasteiger partial charge in [0.25, 0.3) is 0 Å². The second kappa shape index (κ2) is 8.64. The van der Waals surface area contributed by atoms with Gasteiger partial charge in [0, 0.05) is 53.9 Å². The number of hydrogen-bond donors (Lipinski definition) is 1. The highest BCUT2D eigenvalue weighted by atomic mass is 35.5. The highest BCUT2D eigenvalue weighted by molar-refractivity contribution is 6.31. The average Bonchev–Trinajstić information content (AvgIpc) is 3.66. The van der Waals surface area contributed by atoms with Crippen LogP contribution >= 0.6 is 23.2 Å². The summed E-state index contributed by atoms with van der Waals surface area (Å²) in [6.07, 6.45) is 9.02. The molecule has 0 saturated heterocycles. The number of nitrogens with zero attached hydrogens (tertiary/aromatic N) is 4. The van der Waals surface area contributed by atoms with E-state index in [2.05, 4.69) is 22.1 Å². The first kappa shape index (κ1) is 24.1. The van der Waals surface area contributed by atoms with Crippen molar-refractivity contribution in [1.29, 1.82) is 0 Å². The third kappa shape index (κ3) is 3.75. The maximum atomic E-state index is 13.6. The van der Waals surface area contributed by atoms with E-state index in [4.69, 9.17) is 28.9 Å². The molecule has 0 spiro atoms. The third-order valence-corrected chi connectivity index (χ3v) is 8.24. The smallest absolute Gasteiger partial charge is 0.336 e. The Hall–Kier alpha value is -3.29. The second-order valence-corrected chi connectivity index (χ2v) is 10.8. The van der Waals surface area contributed by atoms with E-state index in [1.54, 1.807) is 30.9 Å². The first-order valence-corrected chi connectivity index (χ1v) is 12.9. The van der Waals surface area contributed by atoms with E-state index in [0.29, 0.717) is 10.2 Å². The number of imidazole rings is 1. The normalized spacial score (nSPS) is 20.8. The van der Waals surface area contributed by atoms with Crippen molar-refractivity contribution in [3.63, 3.8) is 0 Å². The van der Waals surface area contributed by atoms with E-state index < -0.39 is 5.54 Å². The number of benzene rings is 2. The quantitative estimate of drug-likeness (QED) is 0.275. The fraction of sp³-hybridized carbons (Fsp3) is 0.207. The molecular weight excluding hydrogens is 505 g/mol. The number of pyridine rings is 1. The number of amides is 1. The monoisotopic (exact) mass is 530 g/mol. The second-order valence-electron chi connectivity index (χ2n) is 10.0. The summed E-state index contributed by atoms with van der Waals surface area (Å²) in [7, 11) is 3.94. The van der Waals surface area contributed by atoms with Gasteiger partial charge < -0.3 is 10.3 Å². The van der Waals surface area contributed by atoms with Crippen LogP contribution < -0.4 is 10.2 Å². The van der Waals surface area contributed by atoms with Crippen LogP contribution in [0, 0.1) is 0 Å². The Balaban J connectivity index is 1.62. The molecule has 1 amide bonds. The molecule has 2 aromatic carbocycles. The van der Waals surface area contributed by atoms with E-state index in [1.807, 2.05) is 55.1 Å². The summed E-state index contributed by atoms with van der Waals surface area (Å²) in [6, 6.07) is 17.7. The van der Waals surface area contributed by atoms with Crippen molar-refractivity contribution in [2.45, 2.75) is 24.4 Å². The molecule has 0 radical (unpaired) electrons. The van der Waals surface area contributed by atoms with E-state index in [0.717, 1.165) is 52.0 Å². The molecule has 6 rings (SSSR count). The van der Waals surface area contributed by atoms with Crippen LogP contribution in [-0.2, 0) is 17.4 Å². The van der Waals surface area contributed by atoms with Gasteiger partial charge in [0.15, 0.2) is 0 Å². The summed E-state index contributed by atoms with van der Waals surface area (Å²) < 4.78 is 2.17. The number of carbonyl (C=O) groups excluding carboxylic acids is 1. The lowest BCUT2D eigenvalue weighted by molar-refractivity contribution is -0.124. The van der Waals surface area contributed by atoms with Crippen LogP contribution in [-0.4, -0.2) is 33.5 Å². The largest absolute Gasteiger partial charge is 0.344 e. The van der Waals surface area contributed by atoms with Gasteiger partial charge in [-0.3, -0.25) is 0 Å². The summed E-state index contributed by atoms with van der Waals surface area (Å²) in [5.74, 6) is 0.0743. The molecule has 6 nitrogen and oxygen atoms in total. The van der Waals surface area contributed by atoms with Crippen molar-refractivity contribution in [3.05, 3.63) is 118 Å². The zero-order valence-electron chi connectivity index (χ0n) is 20.5. The number of halogens is 2. The summed E-state index contributed by atoms with van der Waals surface area (Å²) in [6.45, 7) is 0. The van der Waals surface area contributed by atoms with Gasteiger partial charge in [-0.15, -0.1) is 0 Å². The van der Waals surface area contributed by atoms with Crippen LogP contribution in [0.3, 0.4) is 0 Å². The Morgan fingerprint density at radius 2 is 1.84 bits per heavy atom. The first-order chi connectivity index (χ1) is 17.7. The van der Waals surface area contributed by atoms with Crippen LogP contribution in [0.2, 0.25) is 10.2 Å². The summed E-state index contributed by atoms with van der Waals surface area (Å²) in [4.78, 5) is 22.3. The molecule has 3 heterocycles. The number of nitrogens with two attached hydrogens (primary N) is 1. The number of quaternary nitrogens is 1. The molecule has 2 N–H and O–H groups in total. The Morgan fingerprint density at radius 1 is 1.05 bits per heavy atom. The minimum absolute atomic E-state index is 0.0743. The van der Waals surface area contributed by atoms with Gasteiger partial charge in [0.05, 0.1) is 31.3 Å². The number of rotatable bonds is 5. The van der Waals surface area contributed by atoms with E-state index in [1.165, 1.54) is 0 Å². The molecule has 186 valence electrons. The molecule has 8 heteroatoms. The number of hydrogen-bond acceptors (Lipinski definition) is 4. The third-order valence-electron chi connectivity index (χ3n) is 7.78. The number of fused-ring (bicyclic) bond motifs is 1. The SMILES string of the molecule is Cn1cncc1C(N)(c1ccc(Cl)nc1)c1ccc2c(c1)C(c1cccc(Cl)c1)=CC(=O)[N+]2(C)C1CC1. The van der Waals surface area contributed by atoms with Crippen LogP contribution in [0.4, 0.5) is 5.69 Å². The number of aromatic nitrogens is 3. The molecule has 1 aliphatic heterocycles. The van der Waals surface area contributed by atoms with E-state index in [9.17, 15) is 4.79 Å². The van der Waals surface area contributed by atoms with Crippen molar-refractivity contribution >= 4 is 40.4 Å². The van der Waals surface area contributed by atoms with Crippen molar-refractivity contribution in [3.8, 4) is 0 Å². The minimum atomic E-state index is -1.07. The van der Waals surface area contributed by atoms with Gasteiger partial charge in [0.2, 0.25) is 0 Å². The van der Waals surface area contributed by atoms with Crippen LogP contribution in [0.1, 0.15) is 40.8 Å². The number of aryl methyl sites for hydroxylation is 1. The summed E-state index contributed by atoms with van der Waals surface area (Å²) in [5, 5.41) is 1.01. The molecule has 0 bridgehead atoms. The Morgan fingerprint density at radius 3 is 2.49 bits per heavy atom. The fourth-order valence-corrected chi connectivity index (χ4v) is 5.83. The van der Waals surface area contributed by atoms with Crippen molar-refractivity contribution in [2.75, 3.05) is 7.05 Å². The summed E-state index contributed by atoms with van der Waals surface area (Å²) >= 11 is 12.5. The lowest BCUT2D eigenvalue weighted by Crippen LogP contribution is -2.53. The lowest BCUT2D eigenvalue weighted by Gasteiger charge is -2.37. The Kier molecular flexibility index (Phi) is 5.62. The zero-order chi connectivity index (χ0) is 25.9. The summed E-state index contributed by atoms with van der Waals surface area (Å²) in [5.41, 5.74) is 12.3. The molecule has 2 aliphatic rings. The highest BCUT2D eigenvalue weighted by Crippen LogP contribution is 2.48. The van der Waals surface area contributed by atoms with Crippen molar-refractivity contribution in [1.82, 2.24) is 19.0 Å². The van der Waals surface area contributed by atoms with Crippen molar-refractivity contribution in [2.24, 2.45) is 12.8 Å². The topological polar surface area (TPSA) is 73.8 Å². The van der Waals surface area contributed by atoms with Gasteiger partial charge in [-0.2, -0.15) is 0 Å². The molecule has 2 aromatic heterocycles. The molecular formula is C29H26Cl2N5O+. The molecule has 37 heavy (non-hydrogen) atoms. The molecule has 4 aromatic rings. The number of likely N-dealkylation sites (N-methyl/N-ethyl adjacent to an activating group) is 1. The fourth-order valence-electron chi connectivity index (χ4n) is 5.53. The standard InChI is InChI=1S/C29H26Cl2N5O/c1-35-17-33-16-26(35)29(32,20-7-11-27(31)34-15-20)19-6-10-25-24(13-19)23(18-4-3-5-21(30)12-18)14-28(37)36(25,2)22-8-9-22/h3-7,10-17,22H,8-9,32H2,1-2H3/q+1. The predicted molar refractivity (Wildman–Crippen MR) is 147 cm³/mol. The maximum Gasteiger partial charge on any atom is 0.344 e. The van der Waals surface area contributed by atoms with E-state index in [-0.39, 0.29) is 16.4 Å². The lowest BCUT2D eigenvalue weighted by atomic mass is 9.79. The zero-order valence-corrected chi connectivity index (χ0v) is 22.0. The highest BCUT2D eigenvalue weighted by Gasteiger charge is 2.51. The Bertz CT molecular complexity index is 1570. The van der Waals surface area contributed by atoms with Crippen LogP contribution in [0.5, 0.6) is 0 Å². The Labute approximate surface area is 225 Å². The van der Waals surface area contributed by atoms with Crippen molar-refractivity contribution < 1.29 is 4.79 Å². The molecule has 2 unspecified atom stereocenters. The van der Waals surface area contributed by atoms with Gasteiger partial charge >= 0.3 is 5.91 Å². The van der Waals surface area contributed by atoms with E-state index >= 15 is 0 Å². The number of carbonyl (C=O) groups is 1. The van der Waals surface area contributed by atoms with Gasteiger partial charge in [-0.25, -0.2) is 19.2 Å². The molecule has 2 atom stereocenters. The molecule has 1 aliphatic carbocycles.